The van der Waals surface area contributed by atoms with Gasteiger partial charge < -0.3 is 14.8 Å². The van der Waals surface area contributed by atoms with Gasteiger partial charge in [0.05, 0.1) is 24.5 Å². The topological polar surface area (TPSA) is 67.2 Å². The lowest BCUT2D eigenvalue weighted by molar-refractivity contribution is -0.120. The van der Waals surface area contributed by atoms with Crippen molar-refractivity contribution in [3.63, 3.8) is 0 Å². The van der Waals surface area contributed by atoms with Gasteiger partial charge in [-0.25, -0.2) is 4.98 Å². The minimum atomic E-state index is 0.0140. The fourth-order valence-electron chi connectivity index (χ4n) is 3.26. The van der Waals surface area contributed by atoms with Crippen LogP contribution in [0, 0.1) is 0 Å². The van der Waals surface area contributed by atoms with E-state index in [1.807, 2.05) is 36.1 Å². The molecule has 2 heterocycles. The third kappa shape index (κ3) is 3.82. The van der Waals surface area contributed by atoms with E-state index in [1.54, 1.807) is 0 Å². The van der Waals surface area contributed by atoms with Crippen molar-refractivity contribution in [1.29, 1.82) is 0 Å². The number of carbonyl (C=O) groups excluding carboxylic acids is 2. The number of hydrogen-bond donors (Lipinski definition) is 1. The van der Waals surface area contributed by atoms with Crippen LogP contribution in [-0.4, -0.2) is 32.8 Å². The summed E-state index contributed by atoms with van der Waals surface area (Å²) in [6.45, 7) is 6.27. The zero-order valence-corrected chi connectivity index (χ0v) is 16.7. The van der Waals surface area contributed by atoms with Gasteiger partial charge in [0, 0.05) is 36.0 Å². The summed E-state index contributed by atoms with van der Waals surface area (Å²) in [7, 11) is 0. The highest BCUT2D eigenvalue weighted by molar-refractivity contribution is 9.10. The number of nitrogens with zero attached hydrogens (tertiary/aromatic N) is 3. The van der Waals surface area contributed by atoms with Crippen LogP contribution in [0.5, 0.6) is 0 Å². The van der Waals surface area contributed by atoms with Crippen molar-refractivity contribution < 1.29 is 9.59 Å². The maximum atomic E-state index is 12.8. The van der Waals surface area contributed by atoms with Crippen LogP contribution in [0.25, 0.3) is 0 Å². The second-order valence-electron chi connectivity index (χ2n) is 6.28. The molecule has 1 N–H and O–H groups in total. The molecule has 0 fully saturated rings. The number of benzene rings is 1. The molecule has 2 amide bonds. The van der Waals surface area contributed by atoms with Gasteiger partial charge in [0.15, 0.2) is 0 Å². The van der Waals surface area contributed by atoms with Gasteiger partial charge in [0.1, 0.15) is 5.82 Å². The monoisotopic (exact) mass is 418 g/mol. The number of hydrogen-bond acceptors (Lipinski definition) is 3. The van der Waals surface area contributed by atoms with E-state index >= 15 is 0 Å². The molecule has 1 aromatic heterocycles. The normalized spacial score (nSPS) is 13.4. The van der Waals surface area contributed by atoms with Crippen molar-refractivity contribution in [3.8, 4) is 0 Å². The van der Waals surface area contributed by atoms with E-state index in [-0.39, 0.29) is 11.8 Å². The molecule has 138 valence electrons. The van der Waals surface area contributed by atoms with Gasteiger partial charge >= 0.3 is 0 Å². The molecule has 0 bridgehead atoms. The lowest BCUT2D eigenvalue weighted by atomic mass is 10.1. The summed E-state index contributed by atoms with van der Waals surface area (Å²) in [5, 5.41) is 2.89. The molecule has 1 aliphatic heterocycles. The fourth-order valence-corrected chi connectivity index (χ4v) is 3.66. The number of imidazole rings is 1. The Hall–Kier alpha value is -2.15. The Morgan fingerprint density at radius 2 is 2.12 bits per heavy atom. The molecule has 0 atom stereocenters. The van der Waals surface area contributed by atoms with Crippen LogP contribution in [0.2, 0.25) is 0 Å². The third-order valence-corrected chi connectivity index (χ3v) is 5.13. The van der Waals surface area contributed by atoms with E-state index in [4.69, 9.17) is 4.98 Å². The molecule has 26 heavy (non-hydrogen) atoms. The lowest BCUT2D eigenvalue weighted by Gasteiger charge is -2.27. The Kier molecular flexibility index (Phi) is 5.76. The average Bonchev–Trinajstić information content (AvgIpc) is 3.01. The summed E-state index contributed by atoms with van der Waals surface area (Å²) in [6.07, 6.45) is 1.19. The highest BCUT2D eigenvalue weighted by atomic mass is 79.9. The molecule has 0 aliphatic carbocycles. The molecule has 0 spiro atoms. The maximum Gasteiger partial charge on any atom is 0.254 e. The van der Waals surface area contributed by atoms with Crippen molar-refractivity contribution in [1.82, 2.24) is 19.8 Å². The number of rotatable bonds is 5. The first-order valence-electron chi connectivity index (χ1n) is 8.92. The lowest BCUT2D eigenvalue weighted by Crippen LogP contribution is -2.36. The van der Waals surface area contributed by atoms with Crippen LogP contribution in [0.1, 0.15) is 47.8 Å². The Morgan fingerprint density at radius 1 is 1.31 bits per heavy atom. The van der Waals surface area contributed by atoms with Crippen LogP contribution in [-0.2, 0) is 30.8 Å². The molecule has 0 unspecified atom stereocenters. The zero-order chi connectivity index (χ0) is 18.7. The summed E-state index contributed by atoms with van der Waals surface area (Å²) >= 11 is 3.42. The first kappa shape index (κ1) is 18.6. The van der Waals surface area contributed by atoms with Crippen LogP contribution < -0.4 is 5.32 Å². The Bertz CT molecular complexity index is 831. The van der Waals surface area contributed by atoms with E-state index in [2.05, 4.69) is 32.7 Å². The second-order valence-corrected chi connectivity index (χ2v) is 7.20. The van der Waals surface area contributed by atoms with E-state index in [1.165, 1.54) is 0 Å². The quantitative estimate of drug-likeness (QED) is 0.811. The number of aromatic nitrogens is 2. The first-order valence-corrected chi connectivity index (χ1v) is 9.71. The summed E-state index contributed by atoms with van der Waals surface area (Å²) in [5.41, 5.74) is 2.79. The molecule has 2 aromatic rings. The van der Waals surface area contributed by atoms with Crippen molar-refractivity contribution in [3.05, 3.63) is 51.5 Å². The van der Waals surface area contributed by atoms with E-state index < -0.39 is 0 Å². The molecular formula is C19H23BrN4O2. The maximum absolute atomic E-state index is 12.8. The molecule has 3 rings (SSSR count). The van der Waals surface area contributed by atoms with Crippen molar-refractivity contribution in [2.45, 2.75) is 46.3 Å². The number of fused-ring (bicyclic) bond motifs is 1. The average molecular weight is 419 g/mol. The second kappa shape index (κ2) is 8.03. The van der Waals surface area contributed by atoms with Crippen LogP contribution >= 0.6 is 15.9 Å². The van der Waals surface area contributed by atoms with Gasteiger partial charge in [-0.15, -0.1) is 0 Å². The number of carbonyl (C=O) groups is 2. The predicted molar refractivity (Wildman–Crippen MR) is 103 cm³/mol. The van der Waals surface area contributed by atoms with Crippen LogP contribution in [0.3, 0.4) is 0 Å². The van der Waals surface area contributed by atoms with Gasteiger partial charge in [-0.05, 0) is 25.1 Å². The molecular weight excluding hydrogens is 396 g/mol. The molecule has 0 saturated carbocycles. The number of amides is 2. The highest BCUT2D eigenvalue weighted by Gasteiger charge is 2.27. The molecule has 0 saturated heterocycles. The summed E-state index contributed by atoms with van der Waals surface area (Å²) in [5.74, 6) is 0.901. The SMILES string of the molecule is CCC(=O)NCc1nc2c(n1CC)CN(C(=O)c1cccc(Br)c1)CC2. The Balaban J connectivity index is 1.80. The Labute approximate surface area is 161 Å². The summed E-state index contributed by atoms with van der Waals surface area (Å²) in [6, 6.07) is 7.47. The summed E-state index contributed by atoms with van der Waals surface area (Å²) < 4.78 is 3.01. The van der Waals surface area contributed by atoms with Crippen molar-refractivity contribution in [2.75, 3.05) is 6.54 Å². The predicted octanol–water partition coefficient (Wildman–Crippen LogP) is 2.89. The summed E-state index contributed by atoms with van der Waals surface area (Å²) in [4.78, 5) is 31.0. The van der Waals surface area contributed by atoms with Gasteiger partial charge in [-0.2, -0.15) is 0 Å². The minimum absolute atomic E-state index is 0.0140. The van der Waals surface area contributed by atoms with E-state index in [9.17, 15) is 9.59 Å². The van der Waals surface area contributed by atoms with Gasteiger partial charge in [0.2, 0.25) is 5.91 Å². The molecule has 1 aromatic carbocycles. The van der Waals surface area contributed by atoms with E-state index in [0.717, 1.165) is 34.7 Å². The molecule has 1 aliphatic rings. The van der Waals surface area contributed by atoms with Crippen molar-refractivity contribution >= 4 is 27.7 Å². The van der Waals surface area contributed by atoms with Gasteiger partial charge in [-0.3, -0.25) is 9.59 Å². The third-order valence-electron chi connectivity index (χ3n) is 4.63. The Morgan fingerprint density at radius 3 is 2.81 bits per heavy atom. The fraction of sp³-hybridized carbons (Fsp3) is 0.421. The smallest absolute Gasteiger partial charge is 0.254 e. The van der Waals surface area contributed by atoms with Gasteiger partial charge in [0.25, 0.3) is 5.91 Å². The minimum Gasteiger partial charge on any atom is -0.349 e. The number of halogens is 1. The van der Waals surface area contributed by atoms with Crippen molar-refractivity contribution in [2.24, 2.45) is 0 Å². The number of nitrogens with one attached hydrogen (secondary N) is 1. The first-order chi connectivity index (χ1) is 12.5. The standard InChI is InChI=1S/C19H23BrN4O2/c1-3-18(25)21-11-17-22-15-8-9-23(12-16(15)24(17)4-2)19(26)13-6-5-7-14(20)10-13/h5-7,10H,3-4,8-9,11-12H2,1-2H3,(H,21,25). The van der Waals surface area contributed by atoms with Crippen LogP contribution in [0.15, 0.2) is 28.7 Å². The molecule has 6 nitrogen and oxygen atoms in total. The van der Waals surface area contributed by atoms with E-state index in [0.29, 0.717) is 31.6 Å². The zero-order valence-electron chi connectivity index (χ0n) is 15.1. The molecule has 7 heteroatoms. The van der Waals surface area contributed by atoms with Crippen LogP contribution in [0.4, 0.5) is 0 Å². The highest BCUT2D eigenvalue weighted by Crippen LogP contribution is 2.23. The molecule has 0 radical (unpaired) electrons. The van der Waals surface area contributed by atoms with Gasteiger partial charge in [-0.1, -0.05) is 28.9 Å². The largest absolute Gasteiger partial charge is 0.349 e.